The number of halogens is 1. The van der Waals surface area contributed by atoms with Gasteiger partial charge in [0.15, 0.2) is 0 Å². The maximum atomic E-state index is 13.3. The van der Waals surface area contributed by atoms with Crippen molar-refractivity contribution in [3.8, 4) is 11.3 Å². The van der Waals surface area contributed by atoms with E-state index in [1.165, 1.54) is 25.3 Å². The summed E-state index contributed by atoms with van der Waals surface area (Å²) in [5.41, 5.74) is 1.78. The summed E-state index contributed by atoms with van der Waals surface area (Å²) in [6.07, 6.45) is 4.91. The van der Waals surface area contributed by atoms with Gasteiger partial charge in [0.05, 0.1) is 11.3 Å². The van der Waals surface area contributed by atoms with Crippen LogP contribution < -0.4 is 10.6 Å². The SMILES string of the molecule is CC(=O)N[C@H]1CC[C@H](NC(=O)c2ccc(-c3cccc(F)c3)nc2)CC1. The van der Waals surface area contributed by atoms with Crippen molar-refractivity contribution in [2.45, 2.75) is 44.7 Å². The van der Waals surface area contributed by atoms with Crippen molar-refractivity contribution < 1.29 is 14.0 Å². The molecule has 3 rings (SSSR count). The molecule has 1 aliphatic rings. The third-order valence-electron chi connectivity index (χ3n) is 4.62. The van der Waals surface area contributed by atoms with Gasteiger partial charge >= 0.3 is 0 Å². The molecule has 2 aromatic rings. The minimum Gasteiger partial charge on any atom is -0.354 e. The minimum absolute atomic E-state index is 0.0121. The fourth-order valence-electron chi connectivity index (χ4n) is 3.29. The number of rotatable bonds is 4. The molecule has 1 saturated carbocycles. The molecule has 2 N–H and O–H groups in total. The van der Waals surface area contributed by atoms with Crippen LogP contribution in [0.1, 0.15) is 43.0 Å². The van der Waals surface area contributed by atoms with Gasteiger partial charge in [-0.05, 0) is 49.9 Å². The zero-order valence-electron chi connectivity index (χ0n) is 14.7. The molecular weight excluding hydrogens is 333 g/mol. The van der Waals surface area contributed by atoms with Crippen molar-refractivity contribution in [1.82, 2.24) is 15.6 Å². The third kappa shape index (κ3) is 4.65. The molecule has 0 atom stereocenters. The lowest BCUT2D eigenvalue weighted by Gasteiger charge is -2.29. The molecule has 0 unspecified atom stereocenters. The highest BCUT2D eigenvalue weighted by molar-refractivity contribution is 5.94. The van der Waals surface area contributed by atoms with E-state index < -0.39 is 0 Å². The van der Waals surface area contributed by atoms with Gasteiger partial charge in [-0.25, -0.2) is 4.39 Å². The van der Waals surface area contributed by atoms with Gasteiger partial charge < -0.3 is 10.6 Å². The zero-order valence-corrected chi connectivity index (χ0v) is 14.7. The molecule has 0 saturated heterocycles. The molecule has 1 fully saturated rings. The van der Waals surface area contributed by atoms with Crippen LogP contribution >= 0.6 is 0 Å². The van der Waals surface area contributed by atoms with Crippen molar-refractivity contribution in [3.05, 3.63) is 54.0 Å². The monoisotopic (exact) mass is 355 g/mol. The summed E-state index contributed by atoms with van der Waals surface area (Å²) in [5.74, 6) is -0.491. The molecule has 6 heteroatoms. The number of carbonyl (C=O) groups is 2. The number of aromatic nitrogens is 1. The highest BCUT2D eigenvalue weighted by Gasteiger charge is 2.23. The first-order valence-corrected chi connectivity index (χ1v) is 8.81. The molecule has 0 aliphatic heterocycles. The Hall–Kier alpha value is -2.76. The summed E-state index contributed by atoms with van der Waals surface area (Å²) in [6, 6.07) is 9.93. The summed E-state index contributed by atoms with van der Waals surface area (Å²) < 4.78 is 13.3. The maximum absolute atomic E-state index is 13.3. The highest BCUT2D eigenvalue weighted by atomic mass is 19.1. The fraction of sp³-hybridized carbons (Fsp3) is 0.350. The van der Waals surface area contributed by atoms with E-state index in [4.69, 9.17) is 0 Å². The van der Waals surface area contributed by atoms with Crippen LogP contribution in [0.25, 0.3) is 11.3 Å². The Morgan fingerprint density at radius 3 is 2.31 bits per heavy atom. The summed E-state index contributed by atoms with van der Waals surface area (Å²) in [4.78, 5) is 27.8. The first-order chi connectivity index (χ1) is 12.5. The highest BCUT2D eigenvalue weighted by Crippen LogP contribution is 2.20. The summed E-state index contributed by atoms with van der Waals surface area (Å²) in [6.45, 7) is 1.52. The number of nitrogens with one attached hydrogen (secondary N) is 2. The number of hydrogen-bond acceptors (Lipinski definition) is 3. The van der Waals surface area contributed by atoms with E-state index in [1.54, 1.807) is 24.3 Å². The molecule has 26 heavy (non-hydrogen) atoms. The molecular formula is C20H22FN3O2. The van der Waals surface area contributed by atoms with Gasteiger partial charge in [0, 0.05) is 30.8 Å². The molecule has 0 bridgehead atoms. The Balaban J connectivity index is 1.56. The van der Waals surface area contributed by atoms with Crippen molar-refractivity contribution in [2.75, 3.05) is 0 Å². The van der Waals surface area contributed by atoms with Crippen LogP contribution in [-0.2, 0) is 4.79 Å². The predicted molar refractivity (Wildman–Crippen MR) is 97.0 cm³/mol. The van der Waals surface area contributed by atoms with Crippen LogP contribution in [-0.4, -0.2) is 28.9 Å². The van der Waals surface area contributed by atoms with E-state index in [2.05, 4.69) is 15.6 Å². The number of hydrogen-bond donors (Lipinski definition) is 2. The average molecular weight is 355 g/mol. The standard InChI is InChI=1S/C20H22FN3O2/c1-13(25)23-17-6-8-18(9-7-17)24-20(26)15-5-10-19(22-12-15)14-3-2-4-16(21)11-14/h2-5,10-12,17-18H,6-9H2,1H3,(H,23,25)(H,24,26)/t17-,18-. The van der Waals surface area contributed by atoms with E-state index in [0.29, 0.717) is 16.8 Å². The van der Waals surface area contributed by atoms with Gasteiger partial charge in [-0.3, -0.25) is 14.6 Å². The van der Waals surface area contributed by atoms with E-state index in [0.717, 1.165) is 25.7 Å². The molecule has 1 heterocycles. The lowest BCUT2D eigenvalue weighted by Crippen LogP contribution is -2.43. The Labute approximate surface area is 152 Å². The van der Waals surface area contributed by atoms with E-state index in [9.17, 15) is 14.0 Å². The second-order valence-corrected chi connectivity index (χ2v) is 6.66. The zero-order chi connectivity index (χ0) is 18.5. The molecule has 2 amide bonds. The number of carbonyl (C=O) groups excluding carboxylic acids is 2. The quantitative estimate of drug-likeness (QED) is 0.885. The number of nitrogens with zero attached hydrogens (tertiary/aromatic N) is 1. The van der Waals surface area contributed by atoms with E-state index >= 15 is 0 Å². The Kier molecular flexibility index (Phi) is 5.61. The Morgan fingerprint density at radius 2 is 1.73 bits per heavy atom. The lowest BCUT2D eigenvalue weighted by atomic mass is 9.91. The molecule has 1 aliphatic carbocycles. The first kappa shape index (κ1) is 18.0. The summed E-state index contributed by atoms with van der Waals surface area (Å²) in [7, 11) is 0. The van der Waals surface area contributed by atoms with Crippen LogP contribution in [0.2, 0.25) is 0 Å². The van der Waals surface area contributed by atoms with Gasteiger partial charge in [-0.2, -0.15) is 0 Å². The van der Waals surface area contributed by atoms with Crippen LogP contribution in [0.5, 0.6) is 0 Å². The number of pyridine rings is 1. The van der Waals surface area contributed by atoms with Crippen LogP contribution in [0.15, 0.2) is 42.6 Å². The number of amides is 2. The summed E-state index contributed by atoms with van der Waals surface area (Å²) in [5, 5.41) is 5.95. The molecule has 0 spiro atoms. The van der Waals surface area contributed by atoms with Crippen LogP contribution in [0.3, 0.4) is 0 Å². The maximum Gasteiger partial charge on any atom is 0.253 e. The summed E-state index contributed by atoms with van der Waals surface area (Å²) >= 11 is 0. The van der Waals surface area contributed by atoms with Gasteiger partial charge in [0.25, 0.3) is 5.91 Å². The van der Waals surface area contributed by atoms with Gasteiger partial charge in [0.1, 0.15) is 5.82 Å². The second-order valence-electron chi connectivity index (χ2n) is 6.66. The molecule has 5 nitrogen and oxygen atoms in total. The van der Waals surface area contributed by atoms with E-state index in [-0.39, 0.29) is 29.7 Å². The third-order valence-corrected chi connectivity index (χ3v) is 4.62. The van der Waals surface area contributed by atoms with E-state index in [1.807, 2.05) is 0 Å². The smallest absolute Gasteiger partial charge is 0.253 e. The normalized spacial score (nSPS) is 19.6. The number of benzene rings is 1. The van der Waals surface area contributed by atoms with Gasteiger partial charge in [-0.15, -0.1) is 0 Å². The van der Waals surface area contributed by atoms with Gasteiger partial charge in [-0.1, -0.05) is 12.1 Å². The predicted octanol–water partition coefficient (Wildman–Crippen LogP) is 3.06. The average Bonchev–Trinajstić information content (AvgIpc) is 2.63. The molecule has 1 aromatic heterocycles. The van der Waals surface area contributed by atoms with Crippen molar-refractivity contribution in [3.63, 3.8) is 0 Å². The topological polar surface area (TPSA) is 71.1 Å². The second kappa shape index (κ2) is 8.08. The first-order valence-electron chi connectivity index (χ1n) is 8.81. The van der Waals surface area contributed by atoms with Gasteiger partial charge in [0.2, 0.25) is 5.91 Å². The lowest BCUT2D eigenvalue weighted by molar-refractivity contribution is -0.119. The molecule has 0 radical (unpaired) electrons. The minimum atomic E-state index is -0.319. The molecule has 1 aromatic carbocycles. The van der Waals surface area contributed by atoms with Crippen molar-refractivity contribution >= 4 is 11.8 Å². The van der Waals surface area contributed by atoms with Crippen LogP contribution in [0.4, 0.5) is 4.39 Å². The Morgan fingerprint density at radius 1 is 1.04 bits per heavy atom. The fourth-order valence-corrected chi connectivity index (χ4v) is 3.29. The molecule has 136 valence electrons. The van der Waals surface area contributed by atoms with Crippen molar-refractivity contribution in [2.24, 2.45) is 0 Å². The van der Waals surface area contributed by atoms with Crippen molar-refractivity contribution in [1.29, 1.82) is 0 Å². The Bertz CT molecular complexity index is 784. The van der Waals surface area contributed by atoms with Crippen LogP contribution in [0, 0.1) is 5.82 Å². The largest absolute Gasteiger partial charge is 0.354 e.